The molecular formula is C21H27N5O. The van der Waals surface area contributed by atoms with E-state index < -0.39 is 0 Å². The van der Waals surface area contributed by atoms with Crippen LogP contribution in [-0.2, 0) is 0 Å². The molecule has 0 bridgehead atoms. The van der Waals surface area contributed by atoms with Crippen molar-refractivity contribution in [3.63, 3.8) is 0 Å². The lowest BCUT2D eigenvalue weighted by Gasteiger charge is -2.37. The Morgan fingerprint density at radius 1 is 1.15 bits per heavy atom. The van der Waals surface area contributed by atoms with Crippen molar-refractivity contribution in [2.75, 3.05) is 45.0 Å². The molecule has 142 valence electrons. The topological polar surface area (TPSA) is 74.5 Å². The van der Waals surface area contributed by atoms with Crippen molar-refractivity contribution in [3.8, 4) is 11.1 Å². The SMILES string of the molecule is Cc1cc(-c2ccc(C(=O)N3CCN(C4CCNC4)CC3)cc2)cnc1N. The van der Waals surface area contributed by atoms with Gasteiger partial charge in [-0.25, -0.2) is 4.98 Å². The van der Waals surface area contributed by atoms with Crippen LogP contribution in [0.5, 0.6) is 0 Å². The zero-order valence-electron chi connectivity index (χ0n) is 15.8. The number of piperazine rings is 1. The molecule has 0 saturated carbocycles. The Labute approximate surface area is 160 Å². The average Bonchev–Trinajstić information content (AvgIpc) is 3.25. The lowest BCUT2D eigenvalue weighted by atomic mass is 10.0. The van der Waals surface area contributed by atoms with Crippen LogP contribution in [0.15, 0.2) is 36.5 Å². The number of hydrogen-bond donors (Lipinski definition) is 2. The van der Waals surface area contributed by atoms with Gasteiger partial charge in [0.15, 0.2) is 0 Å². The summed E-state index contributed by atoms with van der Waals surface area (Å²) in [5.74, 6) is 0.676. The van der Waals surface area contributed by atoms with Crippen LogP contribution in [0.25, 0.3) is 11.1 Å². The second-order valence-electron chi connectivity index (χ2n) is 7.48. The number of nitrogens with one attached hydrogen (secondary N) is 1. The van der Waals surface area contributed by atoms with Crippen LogP contribution < -0.4 is 11.1 Å². The summed E-state index contributed by atoms with van der Waals surface area (Å²) in [7, 11) is 0. The molecule has 1 aromatic carbocycles. The van der Waals surface area contributed by atoms with Crippen LogP contribution >= 0.6 is 0 Å². The van der Waals surface area contributed by atoms with Crippen LogP contribution in [0.2, 0.25) is 0 Å². The van der Waals surface area contributed by atoms with Gasteiger partial charge in [-0.3, -0.25) is 9.69 Å². The second kappa shape index (κ2) is 7.66. The quantitative estimate of drug-likeness (QED) is 0.867. The van der Waals surface area contributed by atoms with Crippen molar-refractivity contribution >= 4 is 11.7 Å². The van der Waals surface area contributed by atoms with Crippen LogP contribution in [0.4, 0.5) is 5.82 Å². The number of amides is 1. The predicted molar refractivity (Wildman–Crippen MR) is 108 cm³/mol. The summed E-state index contributed by atoms with van der Waals surface area (Å²) in [5, 5.41) is 3.42. The highest BCUT2D eigenvalue weighted by Crippen LogP contribution is 2.23. The molecule has 0 aliphatic carbocycles. The van der Waals surface area contributed by atoms with Crippen molar-refractivity contribution in [2.24, 2.45) is 0 Å². The van der Waals surface area contributed by atoms with Crippen molar-refractivity contribution in [2.45, 2.75) is 19.4 Å². The van der Waals surface area contributed by atoms with Gasteiger partial charge in [0, 0.05) is 56.1 Å². The average molecular weight is 365 g/mol. The van der Waals surface area contributed by atoms with Crippen molar-refractivity contribution in [1.82, 2.24) is 20.1 Å². The van der Waals surface area contributed by atoms with Crippen molar-refractivity contribution in [1.29, 1.82) is 0 Å². The molecule has 2 aliphatic rings. The van der Waals surface area contributed by atoms with E-state index >= 15 is 0 Å². The van der Waals surface area contributed by atoms with Gasteiger partial charge in [0.05, 0.1) is 0 Å². The number of aryl methyl sites for hydroxylation is 1. The summed E-state index contributed by atoms with van der Waals surface area (Å²) in [6.45, 7) is 7.68. The van der Waals surface area contributed by atoms with Crippen LogP contribution in [0.1, 0.15) is 22.3 Å². The molecule has 0 spiro atoms. The van der Waals surface area contributed by atoms with E-state index in [1.807, 2.05) is 42.2 Å². The molecule has 6 nitrogen and oxygen atoms in total. The van der Waals surface area contributed by atoms with E-state index in [1.54, 1.807) is 6.20 Å². The first-order valence-corrected chi connectivity index (χ1v) is 9.68. The van der Waals surface area contributed by atoms with Crippen molar-refractivity contribution < 1.29 is 4.79 Å². The smallest absolute Gasteiger partial charge is 0.253 e. The Morgan fingerprint density at radius 3 is 2.52 bits per heavy atom. The zero-order valence-corrected chi connectivity index (χ0v) is 15.8. The van der Waals surface area contributed by atoms with Crippen molar-refractivity contribution in [3.05, 3.63) is 47.7 Å². The number of nitrogens with two attached hydrogens (primary N) is 1. The minimum atomic E-state index is 0.123. The Kier molecular flexibility index (Phi) is 5.09. The van der Waals surface area contributed by atoms with E-state index in [9.17, 15) is 4.79 Å². The number of carbonyl (C=O) groups is 1. The van der Waals surface area contributed by atoms with Gasteiger partial charge in [0.25, 0.3) is 5.91 Å². The molecule has 1 aromatic heterocycles. The van der Waals surface area contributed by atoms with E-state index in [1.165, 1.54) is 6.42 Å². The number of aromatic nitrogens is 1. The summed E-state index contributed by atoms with van der Waals surface area (Å²) in [6.07, 6.45) is 2.99. The maximum absolute atomic E-state index is 12.8. The lowest BCUT2D eigenvalue weighted by molar-refractivity contribution is 0.0584. The maximum atomic E-state index is 12.8. The fourth-order valence-corrected chi connectivity index (χ4v) is 3.97. The van der Waals surface area contributed by atoms with Gasteiger partial charge in [0.2, 0.25) is 0 Å². The highest BCUT2D eigenvalue weighted by atomic mass is 16.2. The van der Waals surface area contributed by atoms with Gasteiger partial charge in [-0.15, -0.1) is 0 Å². The van der Waals surface area contributed by atoms with Gasteiger partial charge >= 0.3 is 0 Å². The summed E-state index contributed by atoms with van der Waals surface area (Å²) < 4.78 is 0. The molecule has 2 saturated heterocycles. The molecule has 2 fully saturated rings. The van der Waals surface area contributed by atoms with Gasteiger partial charge in [-0.05, 0) is 49.2 Å². The van der Waals surface area contributed by atoms with E-state index in [2.05, 4.69) is 15.2 Å². The van der Waals surface area contributed by atoms with E-state index in [0.717, 1.165) is 61.5 Å². The lowest BCUT2D eigenvalue weighted by Crippen LogP contribution is -2.52. The van der Waals surface area contributed by atoms with E-state index in [-0.39, 0.29) is 5.91 Å². The molecule has 6 heteroatoms. The number of rotatable bonds is 3. The Morgan fingerprint density at radius 2 is 1.89 bits per heavy atom. The van der Waals surface area contributed by atoms with E-state index in [4.69, 9.17) is 5.73 Å². The molecule has 1 unspecified atom stereocenters. The fraction of sp³-hybridized carbons (Fsp3) is 0.429. The number of hydrogen-bond acceptors (Lipinski definition) is 5. The van der Waals surface area contributed by atoms with Crippen LogP contribution in [-0.4, -0.2) is 66.0 Å². The normalized spacial score (nSPS) is 20.8. The molecule has 1 amide bonds. The minimum absolute atomic E-state index is 0.123. The molecule has 27 heavy (non-hydrogen) atoms. The highest BCUT2D eigenvalue weighted by molar-refractivity contribution is 5.94. The van der Waals surface area contributed by atoms with E-state index in [0.29, 0.717) is 11.9 Å². The third-order valence-electron chi connectivity index (χ3n) is 5.74. The molecule has 1 atom stereocenters. The predicted octanol–water partition coefficient (Wildman–Crippen LogP) is 1.76. The first kappa shape index (κ1) is 17.9. The summed E-state index contributed by atoms with van der Waals surface area (Å²) in [4.78, 5) is 21.6. The molecule has 4 rings (SSSR count). The number of benzene rings is 1. The maximum Gasteiger partial charge on any atom is 0.253 e. The summed E-state index contributed by atoms with van der Waals surface area (Å²) in [6, 6.07) is 10.5. The van der Waals surface area contributed by atoms with Gasteiger partial charge < -0.3 is 16.0 Å². The number of nitrogens with zero attached hydrogens (tertiary/aromatic N) is 3. The molecule has 2 aliphatic heterocycles. The first-order valence-electron chi connectivity index (χ1n) is 9.68. The number of carbonyl (C=O) groups excluding carboxylic acids is 1. The van der Waals surface area contributed by atoms with Gasteiger partial charge in [0.1, 0.15) is 5.82 Å². The standard InChI is InChI=1S/C21H27N5O/c1-15-12-18(13-24-20(15)22)16-2-4-17(5-3-16)21(27)26-10-8-25(9-11-26)19-6-7-23-14-19/h2-5,12-13,19,23H,6-11,14H2,1H3,(H2,22,24). The Balaban J connectivity index is 1.40. The van der Waals surface area contributed by atoms with Gasteiger partial charge in [-0.2, -0.15) is 0 Å². The Bertz CT molecular complexity index is 806. The molecular weight excluding hydrogens is 338 g/mol. The molecule has 0 radical (unpaired) electrons. The third kappa shape index (κ3) is 3.82. The zero-order chi connectivity index (χ0) is 18.8. The Hall–Kier alpha value is -2.44. The second-order valence-corrected chi connectivity index (χ2v) is 7.48. The fourth-order valence-electron chi connectivity index (χ4n) is 3.97. The third-order valence-corrected chi connectivity index (χ3v) is 5.74. The number of pyridine rings is 1. The molecule has 3 N–H and O–H groups in total. The molecule has 3 heterocycles. The monoisotopic (exact) mass is 365 g/mol. The van der Waals surface area contributed by atoms with Gasteiger partial charge in [-0.1, -0.05) is 12.1 Å². The largest absolute Gasteiger partial charge is 0.383 e. The first-order chi connectivity index (χ1) is 13.1. The number of anilines is 1. The summed E-state index contributed by atoms with van der Waals surface area (Å²) in [5.41, 5.74) is 9.56. The summed E-state index contributed by atoms with van der Waals surface area (Å²) >= 11 is 0. The molecule has 2 aromatic rings. The van der Waals surface area contributed by atoms with Crippen LogP contribution in [0.3, 0.4) is 0 Å². The number of nitrogen functional groups attached to an aromatic ring is 1. The van der Waals surface area contributed by atoms with Crippen LogP contribution in [0, 0.1) is 6.92 Å². The minimum Gasteiger partial charge on any atom is -0.383 e. The highest BCUT2D eigenvalue weighted by Gasteiger charge is 2.28.